The highest BCUT2D eigenvalue weighted by Crippen LogP contribution is 2.18. The molecule has 4 amide bonds. The molecule has 32 heavy (non-hydrogen) atoms. The molecule has 0 saturated heterocycles. The number of benzene rings is 3. The Morgan fingerprint density at radius 3 is 2.09 bits per heavy atom. The van der Waals surface area contributed by atoms with Gasteiger partial charge in [-0.1, -0.05) is 36.4 Å². The summed E-state index contributed by atoms with van der Waals surface area (Å²) < 4.78 is 0. The molecule has 0 aliphatic carbocycles. The van der Waals surface area contributed by atoms with E-state index in [0.717, 1.165) is 10.8 Å². The number of rotatable bonds is 4. The minimum absolute atomic E-state index is 0.288. The average molecular weight is 425 g/mol. The van der Waals surface area contributed by atoms with E-state index >= 15 is 0 Å². The maximum absolute atomic E-state index is 12.3. The molecule has 0 aliphatic rings. The van der Waals surface area contributed by atoms with E-state index in [0.29, 0.717) is 16.9 Å². The molecule has 0 saturated carbocycles. The zero-order valence-electron chi connectivity index (χ0n) is 16.8. The molecule has 158 valence electrons. The molecule has 0 bridgehead atoms. The van der Waals surface area contributed by atoms with Crippen molar-refractivity contribution in [3.8, 4) is 0 Å². The van der Waals surface area contributed by atoms with Gasteiger partial charge in [0.15, 0.2) is 0 Å². The van der Waals surface area contributed by atoms with Gasteiger partial charge in [-0.05, 0) is 59.3 Å². The van der Waals surface area contributed by atoms with Gasteiger partial charge in [0.05, 0.1) is 0 Å². The second kappa shape index (κ2) is 9.40. The van der Waals surface area contributed by atoms with E-state index in [1.807, 2.05) is 36.4 Å². The molecule has 0 aliphatic heterocycles. The molecule has 0 radical (unpaired) electrons. The van der Waals surface area contributed by atoms with Gasteiger partial charge < -0.3 is 10.6 Å². The summed E-state index contributed by atoms with van der Waals surface area (Å²) in [5.74, 6) is -0.851. The Morgan fingerprint density at radius 1 is 0.625 bits per heavy atom. The van der Waals surface area contributed by atoms with E-state index in [4.69, 9.17) is 0 Å². The smallest absolute Gasteiger partial charge is 0.321 e. The topological polar surface area (TPSA) is 112 Å². The van der Waals surface area contributed by atoms with Crippen molar-refractivity contribution in [1.29, 1.82) is 0 Å². The van der Waals surface area contributed by atoms with Crippen molar-refractivity contribution >= 4 is 40.0 Å². The van der Waals surface area contributed by atoms with Gasteiger partial charge in [-0.3, -0.25) is 20.0 Å². The summed E-state index contributed by atoms with van der Waals surface area (Å²) in [6.45, 7) is 0. The lowest BCUT2D eigenvalue weighted by molar-refractivity contribution is 0.0937. The van der Waals surface area contributed by atoms with E-state index in [-0.39, 0.29) is 11.6 Å². The summed E-state index contributed by atoms with van der Waals surface area (Å²) in [6.07, 6.45) is 1.53. The van der Waals surface area contributed by atoms with Crippen LogP contribution in [0.4, 0.5) is 16.2 Å². The minimum Gasteiger partial charge on any atom is -0.321 e. The number of nitrogens with zero attached hydrogens (tertiary/aromatic N) is 1. The molecule has 0 atom stereocenters. The van der Waals surface area contributed by atoms with Crippen LogP contribution >= 0.6 is 0 Å². The van der Waals surface area contributed by atoms with Crippen molar-refractivity contribution in [2.24, 2.45) is 0 Å². The second-order valence-electron chi connectivity index (χ2n) is 6.84. The number of fused-ring (bicyclic) bond motifs is 1. The molecule has 1 heterocycles. The molecule has 0 unspecified atom stereocenters. The van der Waals surface area contributed by atoms with Crippen molar-refractivity contribution in [2.45, 2.75) is 0 Å². The van der Waals surface area contributed by atoms with Crippen LogP contribution < -0.4 is 21.5 Å². The fraction of sp³-hybridized carbons (Fsp3) is 0. The molecule has 4 N–H and O–H groups in total. The SMILES string of the molecule is O=C(NNC(=O)c1ccc(NC(=O)c2ccccn2)cc1)Nc1ccc2ccccc2c1. The number of hydrogen-bond donors (Lipinski definition) is 4. The van der Waals surface area contributed by atoms with Crippen LogP contribution in [0.25, 0.3) is 10.8 Å². The number of hydrazine groups is 1. The zero-order valence-corrected chi connectivity index (χ0v) is 16.8. The number of carbonyl (C=O) groups excluding carboxylic acids is 3. The third-order valence-electron chi connectivity index (χ3n) is 4.60. The van der Waals surface area contributed by atoms with E-state index in [2.05, 4.69) is 26.5 Å². The molecular weight excluding hydrogens is 406 g/mol. The Morgan fingerprint density at radius 2 is 1.34 bits per heavy atom. The van der Waals surface area contributed by atoms with Crippen LogP contribution in [0.5, 0.6) is 0 Å². The van der Waals surface area contributed by atoms with E-state index < -0.39 is 11.9 Å². The van der Waals surface area contributed by atoms with Crippen LogP contribution in [0, 0.1) is 0 Å². The predicted octanol–water partition coefficient (Wildman–Crippen LogP) is 3.95. The van der Waals surface area contributed by atoms with Crippen LogP contribution in [0.1, 0.15) is 20.8 Å². The number of carbonyl (C=O) groups is 3. The Bertz CT molecular complexity index is 1270. The molecule has 1 aromatic heterocycles. The lowest BCUT2D eigenvalue weighted by Crippen LogP contribution is -2.43. The highest BCUT2D eigenvalue weighted by molar-refractivity contribution is 6.03. The Hall–Kier alpha value is -4.72. The first-order valence-electron chi connectivity index (χ1n) is 9.77. The maximum Gasteiger partial charge on any atom is 0.337 e. The quantitative estimate of drug-likeness (QED) is 0.371. The highest BCUT2D eigenvalue weighted by Gasteiger charge is 2.10. The Labute approximate surface area is 183 Å². The lowest BCUT2D eigenvalue weighted by atomic mass is 10.1. The summed E-state index contributed by atoms with van der Waals surface area (Å²) in [5, 5.41) is 7.42. The summed E-state index contributed by atoms with van der Waals surface area (Å²) >= 11 is 0. The molecule has 3 aromatic carbocycles. The number of nitrogens with one attached hydrogen (secondary N) is 4. The summed E-state index contributed by atoms with van der Waals surface area (Å²) in [7, 11) is 0. The first-order chi connectivity index (χ1) is 15.6. The number of urea groups is 1. The summed E-state index contributed by atoms with van der Waals surface area (Å²) in [4.78, 5) is 40.5. The third kappa shape index (κ3) is 5.06. The first-order valence-corrected chi connectivity index (χ1v) is 9.77. The van der Waals surface area contributed by atoms with Crippen LogP contribution in [0.15, 0.2) is 91.1 Å². The number of pyridine rings is 1. The maximum atomic E-state index is 12.3. The fourth-order valence-electron chi connectivity index (χ4n) is 3.01. The average Bonchev–Trinajstić information content (AvgIpc) is 2.83. The number of amides is 4. The minimum atomic E-state index is -0.576. The van der Waals surface area contributed by atoms with Crippen molar-refractivity contribution < 1.29 is 14.4 Å². The van der Waals surface area contributed by atoms with Gasteiger partial charge in [0.25, 0.3) is 11.8 Å². The van der Waals surface area contributed by atoms with E-state index in [1.54, 1.807) is 36.4 Å². The number of anilines is 2. The molecule has 8 nitrogen and oxygen atoms in total. The van der Waals surface area contributed by atoms with E-state index in [9.17, 15) is 14.4 Å². The van der Waals surface area contributed by atoms with Crippen molar-refractivity contribution in [3.05, 3.63) is 102 Å². The zero-order chi connectivity index (χ0) is 22.3. The fourth-order valence-corrected chi connectivity index (χ4v) is 3.01. The molecule has 4 aromatic rings. The molecule has 0 spiro atoms. The van der Waals surface area contributed by atoms with Gasteiger partial charge in [0.1, 0.15) is 5.69 Å². The monoisotopic (exact) mass is 425 g/mol. The van der Waals surface area contributed by atoms with Gasteiger partial charge in [0, 0.05) is 23.1 Å². The van der Waals surface area contributed by atoms with Crippen LogP contribution in [-0.2, 0) is 0 Å². The van der Waals surface area contributed by atoms with Crippen molar-refractivity contribution in [1.82, 2.24) is 15.8 Å². The third-order valence-corrected chi connectivity index (χ3v) is 4.60. The largest absolute Gasteiger partial charge is 0.337 e. The Kier molecular flexibility index (Phi) is 6.03. The van der Waals surface area contributed by atoms with Gasteiger partial charge in [-0.2, -0.15) is 0 Å². The number of aromatic nitrogens is 1. The standard InChI is InChI=1S/C24H19N5O3/c30-22(17-9-11-19(12-10-17)26-23(31)21-7-3-4-14-25-21)28-29-24(32)27-20-13-8-16-5-1-2-6-18(16)15-20/h1-15H,(H,26,31)(H,28,30)(H2,27,29,32). The van der Waals surface area contributed by atoms with Crippen molar-refractivity contribution in [2.75, 3.05) is 10.6 Å². The second-order valence-corrected chi connectivity index (χ2v) is 6.84. The molecule has 0 fully saturated rings. The van der Waals surface area contributed by atoms with Crippen LogP contribution in [0.3, 0.4) is 0 Å². The summed E-state index contributed by atoms with van der Waals surface area (Å²) in [6, 6.07) is 24.0. The van der Waals surface area contributed by atoms with Gasteiger partial charge in [-0.25, -0.2) is 10.2 Å². The molecule has 4 rings (SSSR count). The van der Waals surface area contributed by atoms with Crippen LogP contribution in [0.2, 0.25) is 0 Å². The highest BCUT2D eigenvalue weighted by atomic mass is 16.2. The normalized spacial score (nSPS) is 10.2. The van der Waals surface area contributed by atoms with E-state index in [1.165, 1.54) is 18.3 Å². The number of hydrogen-bond acceptors (Lipinski definition) is 4. The lowest BCUT2D eigenvalue weighted by Gasteiger charge is -2.10. The van der Waals surface area contributed by atoms with Gasteiger partial charge in [0.2, 0.25) is 0 Å². The Balaban J connectivity index is 1.29. The molecular formula is C24H19N5O3. The van der Waals surface area contributed by atoms with Crippen LogP contribution in [-0.4, -0.2) is 22.8 Å². The first kappa shape index (κ1) is 20.5. The van der Waals surface area contributed by atoms with Crippen molar-refractivity contribution in [3.63, 3.8) is 0 Å². The summed E-state index contributed by atoms with van der Waals surface area (Å²) in [5.41, 5.74) is 6.38. The molecule has 8 heteroatoms. The van der Waals surface area contributed by atoms with Gasteiger partial charge in [-0.15, -0.1) is 0 Å². The van der Waals surface area contributed by atoms with Gasteiger partial charge >= 0.3 is 6.03 Å². The predicted molar refractivity (Wildman–Crippen MR) is 122 cm³/mol.